The van der Waals surface area contributed by atoms with Crippen molar-refractivity contribution >= 4 is 17.7 Å². The van der Waals surface area contributed by atoms with E-state index in [4.69, 9.17) is 5.11 Å². The zero-order valence-corrected chi connectivity index (χ0v) is 11.2. The molecule has 1 amide bonds. The fourth-order valence-corrected chi connectivity index (χ4v) is 2.22. The van der Waals surface area contributed by atoms with E-state index in [1.165, 1.54) is 6.07 Å². The van der Waals surface area contributed by atoms with Gasteiger partial charge in [0, 0.05) is 13.1 Å². The topological polar surface area (TPSA) is 82.5 Å². The highest BCUT2D eigenvalue weighted by Gasteiger charge is 2.38. The van der Waals surface area contributed by atoms with Gasteiger partial charge >= 0.3 is 5.97 Å². The van der Waals surface area contributed by atoms with Crippen molar-refractivity contribution < 1.29 is 14.7 Å². The molecule has 6 heteroatoms. The fourth-order valence-electron chi connectivity index (χ4n) is 2.22. The second-order valence-electron chi connectivity index (χ2n) is 5.07. The Kier molecular flexibility index (Phi) is 3.18. The number of carbonyl (C=O) groups is 2. The molecule has 1 saturated heterocycles. The van der Waals surface area contributed by atoms with Gasteiger partial charge in [-0.15, -0.1) is 0 Å². The summed E-state index contributed by atoms with van der Waals surface area (Å²) in [7, 11) is 0. The van der Waals surface area contributed by atoms with Gasteiger partial charge in [0.1, 0.15) is 11.4 Å². The summed E-state index contributed by atoms with van der Waals surface area (Å²) in [4.78, 5) is 29.1. The minimum absolute atomic E-state index is 0.0551. The molecule has 19 heavy (non-hydrogen) atoms. The first-order valence-corrected chi connectivity index (χ1v) is 6.11. The molecule has 0 atom stereocenters. The van der Waals surface area contributed by atoms with Crippen LogP contribution in [0.15, 0.2) is 12.1 Å². The van der Waals surface area contributed by atoms with Crippen molar-refractivity contribution in [1.29, 1.82) is 0 Å². The first kappa shape index (κ1) is 13.3. The maximum atomic E-state index is 11.9. The molecule has 1 fully saturated rings. The van der Waals surface area contributed by atoms with Crippen molar-refractivity contribution in [2.24, 2.45) is 0 Å². The van der Waals surface area contributed by atoms with Gasteiger partial charge in [-0.05, 0) is 32.9 Å². The molecule has 2 heterocycles. The zero-order valence-electron chi connectivity index (χ0n) is 11.2. The second-order valence-corrected chi connectivity index (χ2v) is 5.07. The van der Waals surface area contributed by atoms with Crippen molar-refractivity contribution in [2.45, 2.75) is 26.3 Å². The third kappa shape index (κ3) is 2.25. The molecule has 1 aromatic rings. The molecular formula is C13H17N3O3. The van der Waals surface area contributed by atoms with Crippen LogP contribution in [-0.2, 0) is 4.79 Å². The van der Waals surface area contributed by atoms with Crippen molar-refractivity contribution in [1.82, 2.24) is 10.3 Å². The molecule has 102 valence electrons. The molecule has 0 aromatic carbocycles. The maximum absolute atomic E-state index is 11.9. The van der Waals surface area contributed by atoms with Crippen LogP contribution in [0.3, 0.4) is 0 Å². The van der Waals surface area contributed by atoms with Crippen LogP contribution in [0.2, 0.25) is 0 Å². The second kappa shape index (κ2) is 4.53. The Morgan fingerprint density at radius 2 is 2.16 bits per heavy atom. The van der Waals surface area contributed by atoms with E-state index in [1.54, 1.807) is 13.0 Å². The number of pyridine rings is 1. The Hall–Kier alpha value is -2.11. The number of carboxylic acids is 1. The molecule has 0 spiro atoms. The van der Waals surface area contributed by atoms with Gasteiger partial charge < -0.3 is 15.3 Å². The number of amides is 1. The monoisotopic (exact) mass is 263 g/mol. The largest absolute Gasteiger partial charge is 0.478 e. The lowest BCUT2D eigenvalue weighted by Crippen LogP contribution is -2.62. The summed E-state index contributed by atoms with van der Waals surface area (Å²) in [6.45, 7) is 6.51. The summed E-state index contributed by atoms with van der Waals surface area (Å²) in [5.74, 6) is -0.421. The van der Waals surface area contributed by atoms with E-state index in [-0.39, 0.29) is 11.5 Å². The molecule has 2 rings (SSSR count). The zero-order chi connectivity index (χ0) is 14.2. The maximum Gasteiger partial charge on any atom is 0.337 e. The van der Waals surface area contributed by atoms with Gasteiger partial charge in [-0.25, -0.2) is 9.78 Å². The number of nitrogens with one attached hydrogen (secondary N) is 1. The number of nitrogens with zero attached hydrogens (tertiary/aromatic N) is 2. The number of carboxylic acid groups (broad SMARTS) is 1. The Bertz CT molecular complexity index is 540. The highest BCUT2D eigenvalue weighted by molar-refractivity contribution is 5.91. The number of hydrogen-bond donors (Lipinski definition) is 2. The summed E-state index contributed by atoms with van der Waals surface area (Å²) < 4.78 is 0. The molecule has 1 aromatic heterocycles. The normalized spacial score (nSPS) is 18.1. The predicted molar refractivity (Wildman–Crippen MR) is 70.4 cm³/mol. The van der Waals surface area contributed by atoms with Gasteiger partial charge in [-0.1, -0.05) is 0 Å². The van der Waals surface area contributed by atoms with Crippen molar-refractivity contribution in [2.75, 3.05) is 18.0 Å². The van der Waals surface area contributed by atoms with E-state index < -0.39 is 11.5 Å². The molecule has 2 N–H and O–H groups in total. The standard InChI is InChI=1S/C13H17N3O3/c1-8-9(11(17)18)4-5-10(15-8)16-7-6-14-12(19)13(16,2)3/h4-5H,6-7H2,1-3H3,(H,14,19)(H,17,18). The van der Waals surface area contributed by atoms with Crippen molar-refractivity contribution in [3.8, 4) is 0 Å². The summed E-state index contributed by atoms with van der Waals surface area (Å²) in [5.41, 5.74) is -0.0580. The van der Waals surface area contributed by atoms with E-state index in [0.717, 1.165) is 0 Å². The number of aromatic carboxylic acids is 1. The summed E-state index contributed by atoms with van der Waals surface area (Å²) in [6, 6.07) is 3.18. The molecule has 0 radical (unpaired) electrons. The molecule has 1 aliphatic heterocycles. The number of hydrogen-bond acceptors (Lipinski definition) is 4. The highest BCUT2D eigenvalue weighted by Crippen LogP contribution is 2.25. The minimum Gasteiger partial charge on any atom is -0.478 e. The smallest absolute Gasteiger partial charge is 0.337 e. The van der Waals surface area contributed by atoms with Crippen LogP contribution in [0.25, 0.3) is 0 Å². The number of rotatable bonds is 2. The van der Waals surface area contributed by atoms with Crippen LogP contribution in [-0.4, -0.2) is 40.6 Å². The highest BCUT2D eigenvalue weighted by atomic mass is 16.4. The lowest BCUT2D eigenvalue weighted by molar-refractivity contribution is -0.126. The van der Waals surface area contributed by atoms with Crippen molar-refractivity contribution in [3.05, 3.63) is 23.4 Å². The third-order valence-corrected chi connectivity index (χ3v) is 3.43. The van der Waals surface area contributed by atoms with Gasteiger partial charge in [-0.3, -0.25) is 4.79 Å². The van der Waals surface area contributed by atoms with E-state index in [9.17, 15) is 9.59 Å². The SMILES string of the molecule is Cc1nc(N2CCNC(=O)C2(C)C)ccc1C(=O)O. The van der Waals surface area contributed by atoms with Crippen molar-refractivity contribution in [3.63, 3.8) is 0 Å². The molecule has 1 aliphatic rings. The van der Waals surface area contributed by atoms with Gasteiger partial charge in [0.25, 0.3) is 0 Å². The Balaban J connectivity index is 2.39. The number of anilines is 1. The number of aromatic nitrogens is 1. The summed E-state index contributed by atoms with van der Waals surface area (Å²) >= 11 is 0. The molecule has 0 aliphatic carbocycles. The number of piperazine rings is 1. The summed E-state index contributed by atoms with van der Waals surface area (Å²) in [6.07, 6.45) is 0. The van der Waals surface area contributed by atoms with Gasteiger partial charge in [0.15, 0.2) is 0 Å². The van der Waals surface area contributed by atoms with E-state index in [0.29, 0.717) is 24.6 Å². The van der Waals surface area contributed by atoms with Crippen LogP contribution in [0, 0.1) is 6.92 Å². The molecular weight excluding hydrogens is 246 g/mol. The lowest BCUT2D eigenvalue weighted by Gasteiger charge is -2.42. The van der Waals surface area contributed by atoms with E-state index in [1.807, 2.05) is 18.7 Å². The van der Waals surface area contributed by atoms with Gasteiger partial charge in [0.2, 0.25) is 5.91 Å². The Morgan fingerprint density at radius 3 is 2.74 bits per heavy atom. The quantitative estimate of drug-likeness (QED) is 0.824. The minimum atomic E-state index is -0.993. The van der Waals surface area contributed by atoms with E-state index in [2.05, 4.69) is 10.3 Å². The summed E-state index contributed by atoms with van der Waals surface area (Å²) in [5, 5.41) is 11.8. The molecule has 6 nitrogen and oxygen atoms in total. The average Bonchev–Trinajstić information content (AvgIpc) is 2.32. The number of aryl methyl sites for hydroxylation is 1. The third-order valence-electron chi connectivity index (χ3n) is 3.43. The first-order chi connectivity index (χ1) is 8.84. The molecule has 0 saturated carbocycles. The predicted octanol–water partition coefficient (Wildman–Crippen LogP) is 0.803. The van der Waals surface area contributed by atoms with Crippen LogP contribution >= 0.6 is 0 Å². The van der Waals surface area contributed by atoms with Crippen LogP contribution in [0.4, 0.5) is 5.82 Å². The van der Waals surface area contributed by atoms with Crippen LogP contribution in [0.1, 0.15) is 29.9 Å². The van der Waals surface area contributed by atoms with E-state index >= 15 is 0 Å². The number of carbonyl (C=O) groups excluding carboxylic acids is 1. The van der Waals surface area contributed by atoms with Gasteiger partial charge in [0.05, 0.1) is 11.3 Å². The first-order valence-electron chi connectivity index (χ1n) is 6.11. The molecule has 0 unspecified atom stereocenters. The Labute approximate surface area is 111 Å². The molecule has 0 bridgehead atoms. The van der Waals surface area contributed by atoms with Gasteiger partial charge in [-0.2, -0.15) is 0 Å². The lowest BCUT2D eigenvalue weighted by atomic mass is 9.99. The van der Waals surface area contributed by atoms with Crippen LogP contribution in [0.5, 0.6) is 0 Å². The van der Waals surface area contributed by atoms with Crippen LogP contribution < -0.4 is 10.2 Å². The fraction of sp³-hybridized carbons (Fsp3) is 0.462. The Morgan fingerprint density at radius 1 is 1.47 bits per heavy atom. The average molecular weight is 263 g/mol.